The van der Waals surface area contributed by atoms with Crippen LogP contribution in [-0.2, 0) is 4.79 Å². The summed E-state index contributed by atoms with van der Waals surface area (Å²) in [4.78, 5) is 19.0. The molecule has 1 amide bonds. The van der Waals surface area contributed by atoms with Crippen molar-refractivity contribution in [1.29, 1.82) is 0 Å². The van der Waals surface area contributed by atoms with Crippen molar-refractivity contribution in [2.75, 3.05) is 18.0 Å². The molecule has 1 aromatic heterocycles. The van der Waals surface area contributed by atoms with Gasteiger partial charge in [-0.25, -0.2) is 4.98 Å². The Hall–Kier alpha value is -1.80. The van der Waals surface area contributed by atoms with Crippen LogP contribution in [-0.4, -0.2) is 47.4 Å². The maximum Gasteiger partial charge on any atom is 0.707 e. The lowest BCUT2D eigenvalue weighted by atomic mass is 9.75. The van der Waals surface area contributed by atoms with Crippen molar-refractivity contribution in [3.63, 3.8) is 0 Å². The van der Waals surface area contributed by atoms with Crippen molar-refractivity contribution in [2.24, 2.45) is 5.41 Å². The number of carbonyl (C=O) groups excluding carboxylic acids is 1. The van der Waals surface area contributed by atoms with Gasteiger partial charge < -0.3 is 24.9 Å². The number of anilines is 1. The Balaban J connectivity index is 1.99. The molecule has 1 aromatic rings. The highest BCUT2D eigenvalue weighted by Gasteiger charge is 2.40. The molecule has 7 nitrogen and oxygen atoms in total. The molecule has 3 N–H and O–H groups in total. The fourth-order valence-electron chi connectivity index (χ4n) is 3.07. The zero-order chi connectivity index (χ0) is 17.7. The zero-order valence-electron chi connectivity index (χ0n) is 14.5. The number of hydrogen-bond acceptors (Lipinski definition) is 6. The van der Waals surface area contributed by atoms with Crippen LogP contribution < -0.4 is 14.9 Å². The van der Waals surface area contributed by atoms with Gasteiger partial charge in [-0.3, -0.25) is 4.79 Å². The maximum absolute atomic E-state index is 12.5. The van der Waals surface area contributed by atoms with E-state index >= 15 is 0 Å². The van der Waals surface area contributed by atoms with E-state index < -0.39 is 7.32 Å². The third-order valence-electron chi connectivity index (χ3n) is 4.58. The summed E-state index contributed by atoms with van der Waals surface area (Å²) in [6.07, 6.45) is 3.87. The third-order valence-corrected chi connectivity index (χ3v) is 4.58. The van der Waals surface area contributed by atoms with Crippen LogP contribution in [0.4, 0.5) is 5.82 Å². The van der Waals surface area contributed by atoms with E-state index in [2.05, 4.69) is 22.1 Å². The van der Waals surface area contributed by atoms with E-state index in [9.17, 15) is 4.79 Å². The van der Waals surface area contributed by atoms with Gasteiger partial charge in [0.2, 0.25) is 5.91 Å². The fourth-order valence-corrected chi connectivity index (χ4v) is 3.07. The lowest BCUT2D eigenvalue weighted by Crippen LogP contribution is -2.50. The molecule has 1 aliphatic rings. The fraction of sp³-hybridized carbons (Fsp3) is 0.625. The summed E-state index contributed by atoms with van der Waals surface area (Å²) in [7, 11) is -1.85. The van der Waals surface area contributed by atoms with Crippen molar-refractivity contribution in [1.82, 2.24) is 10.3 Å². The lowest BCUT2D eigenvalue weighted by molar-refractivity contribution is -0.133. The number of piperidine rings is 1. The number of amides is 1. The Morgan fingerprint density at radius 2 is 2.08 bits per heavy atom. The summed E-state index contributed by atoms with van der Waals surface area (Å²) < 4.78 is 4.75. The molecule has 0 radical (unpaired) electrons. The summed E-state index contributed by atoms with van der Waals surface area (Å²) in [5.41, 5.74) is -0.301. The molecular formula is C16H26BN3O4. The maximum atomic E-state index is 12.5. The van der Waals surface area contributed by atoms with Crippen LogP contribution in [0.2, 0.25) is 0 Å². The topological polar surface area (TPSA) is 94.9 Å². The number of aromatic nitrogens is 1. The first-order valence-corrected chi connectivity index (χ1v) is 8.41. The van der Waals surface area contributed by atoms with Gasteiger partial charge in [-0.15, -0.1) is 0 Å². The molecule has 0 aromatic carbocycles. The van der Waals surface area contributed by atoms with Gasteiger partial charge in [-0.2, -0.15) is 0 Å². The Morgan fingerprint density at radius 1 is 1.42 bits per heavy atom. The average Bonchev–Trinajstić information content (AvgIpc) is 2.54. The summed E-state index contributed by atoms with van der Waals surface area (Å²) in [5, 5.41) is 20.6. The van der Waals surface area contributed by atoms with Crippen molar-refractivity contribution in [3.8, 4) is 5.75 Å². The highest BCUT2D eigenvalue weighted by molar-refractivity contribution is 6.33. The molecule has 0 spiro atoms. The van der Waals surface area contributed by atoms with Crippen LogP contribution in [0.1, 0.15) is 40.0 Å². The quantitative estimate of drug-likeness (QED) is 0.670. The van der Waals surface area contributed by atoms with Crippen LogP contribution in [0.15, 0.2) is 18.3 Å². The van der Waals surface area contributed by atoms with Crippen molar-refractivity contribution in [2.45, 2.75) is 46.1 Å². The molecule has 1 saturated heterocycles. The minimum atomic E-state index is -1.85. The molecule has 8 heteroatoms. The molecule has 0 atom stereocenters. The molecule has 0 unspecified atom stereocenters. The van der Waals surface area contributed by atoms with E-state index in [4.69, 9.17) is 14.7 Å². The SMILES string of the molecule is CCC1(C(=O)NC(C)C)CCN(c2ccc(OB(O)O)cn2)CC1. The van der Waals surface area contributed by atoms with E-state index in [1.165, 1.54) is 6.20 Å². The zero-order valence-corrected chi connectivity index (χ0v) is 14.5. The van der Waals surface area contributed by atoms with Gasteiger partial charge in [-0.1, -0.05) is 6.92 Å². The number of pyridine rings is 1. The number of nitrogens with one attached hydrogen (secondary N) is 1. The van der Waals surface area contributed by atoms with Gasteiger partial charge in [0.1, 0.15) is 11.6 Å². The summed E-state index contributed by atoms with van der Waals surface area (Å²) >= 11 is 0. The highest BCUT2D eigenvalue weighted by atomic mass is 16.6. The number of hydrogen-bond donors (Lipinski definition) is 3. The monoisotopic (exact) mass is 335 g/mol. The first kappa shape index (κ1) is 18.5. The van der Waals surface area contributed by atoms with E-state index in [0.717, 1.165) is 38.2 Å². The predicted molar refractivity (Wildman–Crippen MR) is 92.5 cm³/mol. The largest absolute Gasteiger partial charge is 0.707 e. The van der Waals surface area contributed by atoms with Gasteiger partial charge in [0, 0.05) is 19.1 Å². The molecule has 24 heavy (non-hydrogen) atoms. The minimum Gasteiger partial charge on any atom is -0.511 e. The van der Waals surface area contributed by atoms with E-state index in [0.29, 0.717) is 5.75 Å². The molecule has 132 valence electrons. The van der Waals surface area contributed by atoms with Gasteiger partial charge in [0.05, 0.1) is 11.6 Å². The van der Waals surface area contributed by atoms with E-state index in [1.807, 2.05) is 13.8 Å². The Bertz CT molecular complexity index is 543. The molecule has 2 rings (SSSR count). The van der Waals surface area contributed by atoms with Crippen molar-refractivity contribution < 1.29 is 19.5 Å². The van der Waals surface area contributed by atoms with E-state index in [-0.39, 0.29) is 17.4 Å². The van der Waals surface area contributed by atoms with E-state index in [1.54, 1.807) is 12.1 Å². The van der Waals surface area contributed by atoms with Gasteiger partial charge in [0.15, 0.2) is 0 Å². The van der Waals surface area contributed by atoms with Crippen LogP contribution in [0.25, 0.3) is 0 Å². The van der Waals surface area contributed by atoms with Crippen LogP contribution >= 0.6 is 0 Å². The molecule has 0 saturated carbocycles. The molecule has 0 aliphatic carbocycles. The first-order valence-electron chi connectivity index (χ1n) is 8.41. The Morgan fingerprint density at radius 3 is 2.54 bits per heavy atom. The molecule has 1 fully saturated rings. The second-order valence-corrected chi connectivity index (χ2v) is 6.55. The van der Waals surface area contributed by atoms with Gasteiger partial charge in [-0.05, 0) is 45.2 Å². The first-order chi connectivity index (χ1) is 11.4. The number of carbonyl (C=O) groups is 1. The molecule has 0 bridgehead atoms. The van der Waals surface area contributed by atoms with Crippen LogP contribution in [0.3, 0.4) is 0 Å². The third kappa shape index (κ3) is 4.39. The van der Waals surface area contributed by atoms with Gasteiger partial charge >= 0.3 is 7.32 Å². The second kappa shape index (κ2) is 7.85. The van der Waals surface area contributed by atoms with Crippen molar-refractivity contribution in [3.05, 3.63) is 18.3 Å². The second-order valence-electron chi connectivity index (χ2n) is 6.55. The normalized spacial score (nSPS) is 16.8. The summed E-state index contributed by atoms with van der Waals surface area (Å²) in [5.74, 6) is 1.24. The predicted octanol–water partition coefficient (Wildman–Crippen LogP) is 0.951. The minimum absolute atomic E-state index is 0.147. The van der Waals surface area contributed by atoms with Crippen LogP contribution in [0.5, 0.6) is 5.75 Å². The summed E-state index contributed by atoms with van der Waals surface area (Å²) in [6.45, 7) is 7.55. The lowest BCUT2D eigenvalue weighted by Gasteiger charge is -2.41. The summed E-state index contributed by atoms with van der Waals surface area (Å²) in [6, 6.07) is 3.58. The molecule has 2 heterocycles. The van der Waals surface area contributed by atoms with Crippen LogP contribution in [0, 0.1) is 5.41 Å². The van der Waals surface area contributed by atoms with Gasteiger partial charge in [0.25, 0.3) is 0 Å². The molecule has 1 aliphatic heterocycles. The smallest absolute Gasteiger partial charge is 0.511 e. The van der Waals surface area contributed by atoms with Crippen molar-refractivity contribution >= 4 is 19.0 Å². The molecular weight excluding hydrogens is 309 g/mol. The standard InChI is InChI=1S/C16H26BN3O4/c1-4-16(15(21)19-12(2)3)7-9-20(10-8-16)14-6-5-13(11-18-14)24-17(22)23/h5-6,11-12,22-23H,4,7-10H2,1-3H3,(H,19,21). The Kier molecular flexibility index (Phi) is 6.07. The Labute approximate surface area is 143 Å². The average molecular weight is 335 g/mol. The number of nitrogens with zero attached hydrogens (tertiary/aromatic N) is 2. The number of rotatable bonds is 6. The highest BCUT2D eigenvalue weighted by Crippen LogP contribution is 2.36.